The molecular formula is C9H14O2. The molecule has 0 heterocycles. The lowest BCUT2D eigenvalue weighted by Gasteiger charge is -2.37. The van der Waals surface area contributed by atoms with E-state index in [1.54, 1.807) is 0 Å². The van der Waals surface area contributed by atoms with Crippen molar-refractivity contribution < 1.29 is 9.90 Å². The van der Waals surface area contributed by atoms with Crippen molar-refractivity contribution >= 4 is 5.97 Å². The molecule has 2 fully saturated rings. The van der Waals surface area contributed by atoms with Crippen molar-refractivity contribution in [3.05, 3.63) is 0 Å². The van der Waals surface area contributed by atoms with Crippen LogP contribution in [0.3, 0.4) is 0 Å². The highest BCUT2D eigenvalue weighted by atomic mass is 16.4. The van der Waals surface area contributed by atoms with Gasteiger partial charge >= 0.3 is 5.97 Å². The van der Waals surface area contributed by atoms with Gasteiger partial charge in [0.15, 0.2) is 0 Å². The summed E-state index contributed by atoms with van der Waals surface area (Å²) in [6, 6.07) is 0. The predicted molar refractivity (Wildman–Crippen MR) is 41.2 cm³/mol. The quantitative estimate of drug-likeness (QED) is 0.659. The third-order valence-corrected chi connectivity index (χ3v) is 3.37. The molecule has 2 heteroatoms. The van der Waals surface area contributed by atoms with E-state index >= 15 is 0 Å². The second-order valence-electron chi connectivity index (χ2n) is 4.23. The van der Waals surface area contributed by atoms with Gasteiger partial charge in [0, 0.05) is 0 Å². The van der Waals surface area contributed by atoms with E-state index in [0.717, 1.165) is 31.6 Å². The standard InChI is InChI=1S/C9H14O2/c1-6-4-7(5-6)9(2-3-9)8(10)11/h6-7H,2-5H2,1H3,(H,10,11). The maximum absolute atomic E-state index is 10.8. The van der Waals surface area contributed by atoms with Gasteiger partial charge in [-0.1, -0.05) is 6.92 Å². The van der Waals surface area contributed by atoms with Gasteiger partial charge in [-0.3, -0.25) is 4.79 Å². The minimum Gasteiger partial charge on any atom is -0.481 e. The van der Waals surface area contributed by atoms with Crippen molar-refractivity contribution in [1.29, 1.82) is 0 Å². The second kappa shape index (κ2) is 1.99. The van der Waals surface area contributed by atoms with E-state index in [0.29, 0.717) is 5.92 Å². The Bertz CT molecular complexity index is 188. The molecule has 0 aliphatic heterocycles. The third kappa shape index (κ3) is 0.883. The van der Waals surface area contributed by atoms with Crippen molar-refractivity contribution in [1.82, 2.24) is 0 Å². The minimum absolute atomic E-state index is 0.257. The Kier molecular flexibility index (Phi) is 1.29. The number of carboxylic acid groups (broad SMARTS) is 1. The van der Waals surface area contributed by atoms with Crippen LogP contribution in [0.5, 0.6) is 0 Å². The van der Waals surface area contributed by atoms with Crippen LogP contribution in [0.25, 0.3) is 0 Å². The number of hydrogen-bond acceptors (Lipinski definition) is 1. The smallest absolute Gasteiger partial charge is 0.309 e. The number of carboxylic acids is 1. The summed E-state index contributed by atoms with van der Waals surface area (Å²) in [6.45, 7) is 2.20. The lowest BCUT2D eigenvalue weighted by atomic mass is 9.67. The Balaban J connectivity index is 2.00. The molecule has 2 aliphatic carbocycles. The molecule has 2 rings (SSSR count). The van der Waals surface area contributed by atoms with Gasteiger partial charge in [0.1, 0.15) is 0 Å². The summed E-state index contributed by atoms with van der Waals surface area (Å²) in [4.78, 5) is 10.8. The first kappa shape index (κ1) is 7.14. The van der Waals surface area contributed by atoms with Gasteiger partial charge in [0.05, 0.1) is 5.41 Å². The number of aliphatic carboxylic acids is 1. The van der Waals surface area contributed by atoms with Gasteiger partial charge in [-0.15, -0.1) is 0 Å². The molecule has 62 valence electrons. The molecule has 0 aromatic heterocycles. The molecule has 2 aliphatic rings. The van der Waals surface area contributed by atoms with E-state index in [1.165, 1.54) is 0 Å². The Morgan fingerprint density at radius 3 is 2.27 bits per heavy atom. The first-order valence-electron chi connectivity index (χ1n) is 4.38. The van der Waals surface area contributed by atoms with E-state index in [9.17, 15) is 4.79 Å². The molecule has 11 heavy (non-hydrogen) atoms. The van der Waals surface area contributed by atoms with Crippen molar-refractivity contribution in [2.24, 2.45) is 17.3 Å². The highest BCUT2D eigenvalue weighted by Gasteiger charge is 2.58. The Morgan fingerprint density at radius 2 is 2.00 bits per heavy atom. The Morgan fingerprint density at radius 1 is 1.45 bits per heavy atom. The molecule has 0 aromatic rings. The predicted octanol–water partition coefficient (Wildman–Crippen LogP) is 1.90. The zero-order chi connectivity index (χ0) is 8.06. The third-order valence-electron chi connectivity index (χ3n) is 3.37. The van der Waals surface area contributed by atoms with Gasteiger partial charge in [-0.05, 0) is 37.5 Å². The summed E-state index contributed by atoms with van der Waals surface area (Å²) in [5.41, 5.74) is -0.257. The Labute approximate surface area is 66.6 Å². The summed E-state index contributed by atoms with van der Waals surface area (Å²) >= 11 is 0. The summed E-state index contributed by atoms with van der Waals surface area (Å²) in [5.74, 6) is 0.737. The number of rotatable bonds is 2. The van der Waals surface area contributed by atoms with Crippen LogP contribution in [0, 0.1) is 17.3 Å². The molecule has 0 saturated heterocycles. The molecule has 0 bridgehead atoms. The molecule has 1 N–H and O–H groups in total. The maximum Gasteiger partial charge on any atom is 0.309 e. The van der Waals surface area contributed by atoms with Crippen LogP contribution in [0.15, 0.2) is 0 Å². The topological polar surface area (TPSA) is 37.3 Å². The van der Waals surface area contributed by atoms with Crippen molar-refractivity contribution in [2.75, 3.05) is 0 Å². The molecule has 0 atom stereocenters. The lowest BCUT2D eigenvalue weighted by Crippen LogP contribution is -2.34. The zero-order valence-electron chi connectivity index (χ0n) is 6.84. The fourth-order valence-electron chi connectivity index (χ4n) is 2.28. The fourth-order valence-corrected chi connectivity index (χ4v) is 2.28. The highest BCUT2D eigenvalue weighted by molar-refractivity contribution is 5.78. The number of carbonyl (C=O) groups is 1. The van der Waals surface area contributed by atoms with Gasteiger partial charge < -0.3 is 5.11 Å². The van der Waals surface area contributed by atoms with Crippen LogP contribution in [0.2, 0.25) is 0 Å². The van der Waals surface area contributed by atoms with Crippen molar-refractivity contribution in [2.45, 2.75) is 32.6 Å². The van der Waals surface area contributed by atoms with Gasteiger partial charge in [-0.2, -0.15) is 0 Å². The van der Waals surface area contributed by atoms with Gasteiger partial charge in [0.25, 0.3) is 0 Å². The van der Waals surface area contributed by atoms with Crippen molar-refractivity contribution in [3.8, 4) is 0 Å². The number of hydrogen-bond donors (Lipinski definition) is 1. The molecule has 2 nitrogen and oxygen atoms in total. The molecule has 0 unspecified atom stereocenters. The average molecular weight is 154 g/mol. The Hall–Kier alpha value is -0.530. The molecular weight excluding hydrogens is 140 g/mol. The van der Waals surface area contributed by atoms with E-state index < -0.39 is 5.97 Å². The second-order valence-corrected chi connectivity index (χ2v) is 4.23. The zero-order valence-corrected chi connectivity index (χ0v) is 6.84. The lowest BCUT2D eigenvalue weighted by molar-refractivity contribution is -0.147. The van der Waals surface area contributed by atoms with Crippen LogP contribution in [0.4, 0.5) is 0 Å². The molecule has 0 radical (unpaired) electrons. The van der Waals surface area contributed by atoms with E-state index in [1.807, 2.05) is 0 Å². The highest BCUT2D eigenvalue weighted by Crippen LogP contribution is 2.60. The summed E-state index contributed by atoms with van der Waals surface area (Å²) in [5, 5.41) is 8.93. The molecule has 0 aromatic carbocycles. The van der Waals surface area contributed by atoms with Crippen LogP contribution in [-0.4, -0.2) is 11.1 Å². The largest absolute Gasteiger partial charge is 0.481 e. The van der Waals surface area contributed by atoms with Crippen LogP contribution >= 0.6 is 0 Å². The normalized spacial score (nSPS) is 39.4. The van der Waals surface area contributed by atoms with Gasteiger partial charge in [-0.25, -0.2) is 0 Å². The summed E-state index contributed by atoms with van der Waals surface area (Å²) < 4.78 is 0. The summed E-state index contributed by atoms with van der Waals surface area (Å²) in [6.07, 6.45) is 4.15. The van der Waals surface area contributed by atoms with Crippen LogP contribution < -0.4 is 0 Å². The van der Waals surface area contributed by atoms with Crippen LogP contribution in [-0.2, 0) is 4.79 Å². The SMILES string of the molecule is CC1CC(C2(C(=O)O)CC2)C1. The van der Waals surface area contributed by atoms with E-state index in [-0.39, 0.29) is 5.41 Å². The average Bonchev–Trinajstić information content (AvgIpc) is 2.60. The first-order valence-corrected chi connectivity index (χ1v) is 4.38. The molecule has 0 amide bonds. The van der Waals surface area contributed by atoms with Crippen LogP contribution in [0.1, 0.15) is 32.6 Å². The van der Waals surface area contributed by atoms with Crippen molar-refractivity contribution in [3.63, 3.8) is 0 Å². The maximum atomic E-state index is 10.8. The van der Waals surface area contributed by atoms with E-state index in [4.69, 9.17) is 5.11 Å². The minimum atomic E-state index is -0.547. The van der Waals surface area contributed by atoms with Gasteiger partial charge in [0.2, 0.25) is 0 Å². The van der Waals surface area contributed by atoms with E-state index in [2.05, 4.69) is 6.92 Å². The molecule has 2 saturated carbocycles. The summed E-state index contributed by atoms with van der Waals surface area (Å²) in [7, 11) is 0. The first-order chi connectivity index (χ1) is 5.15. The molecule has 0 spiro atoms. The monoisotopic (exact) mass is 154 g/mol. The fraction of sp³-hybridized carbons (Fsp3) is 0.889.